The fourth-order valence-corrected chi connectivity index (χ4v) is 7.25. The summed E-state index contributed by atoms with van der Waals surface area (Å²) in [7, 11) is 0. The van der Waals surface area contributed by atoms with Gasteiger partial charge in [0.25, 0.3) is 5.91 Å². The van der Waals surface area contributed by atoms with Gasteiger partial charge in [0, 0.05) is 23.7 Å². The number of aliphatic hydroxyl groups is 1. The number of carbonyl (C=O) groups excluding carboxylic acids is 4. The average Bonchev–Trinajstić information content (AvgIpc) is 3.70. The standard InChI is InChI=1S/C35H40ClN3O7/c1-4-6-12-28(41)37-20-22(3)45-34(44)29-27-17-18-35(46-27)30(29)32(42)39(26(21-40)23-10-8-7-9-11-23)31(35)33(43)38(19-5-2)25-15-13-24(36)14-16-25/h4-5,7-11,13-16,22,26-27,29-31,40H,1-2,6,12,17-21H2,3H3,(H,37,41)/t22-,26-,27+,29-,30-,31+,35-/m1/s1. The summed E-state index contributed by atoms with van der Waals surface area (Å²) in [6.07, 6.45) is 3.58. The van der Waals surface area contributed by atoms with Crippen LogP contribution in [0.25, 0.3) is 0 Å². The quantitative estimate of drug-likeness (QED) is 0.234. The minimum absolute atomic E-state index is 0.106. The lowest BCUT2D eigenvalue weighted by molar-refractivity contribution is -0.159. The van der Waals surface area contributed by atoms with Crippen molar-refractivity contribution in [1.29, 1.82) is 0 Å². The van der Waals surface area contributed by atoms with Crippen LogP contribution >= 0.6 is 11.6 Å². The predicted molar refractivity (Wildman–Crippen MR) is 173 cm³/mol. The van der Waals surface area contributed by atoms with E-state index in [1.807, 2.05) is 6.07 Å². The van der Waals surface area contributed by atoms with Crippen molar-refractivity contribution in [1.82, 2.24) is 10.2 Å². The average molecular weight is 650 g/mol. The summed E-state index contributed by atoms with van der Waals surface area (Å²) < 4.78 is 12.3. The number of fused-ring (bicyclic) bond motifs is 1. The number of esters is 1. The molecule has 46 heavy (non-hydrogen) atoms. The molecule has 3 heterocycles. The van der Waals surface area contributed by atoms with Gasteiger partial charge in [-0.05, 0) is 56.0 Å². The lowest BCUT2D eigenvalue weighted by Gasteiger charge is -2.39. The van der Waals surface area contributed by atoms with Crippen molar-refractivity contribution in [3.05, 3.63) is 90.5 Å². The maximum Gasteiger partial charge on any atom is 0.312 e. The highest BCUT2D eigenvalue weighted by Gasteiger charge is 2.75. The van der Waals surface area contributed by atoms with E-state index < -0.39 is 66.1 Å². The van der Waals surface area contributed by atoms with Crippen molar-refractivity contribution in [3.63, 3.8) is 0 Å². The fraction of sp³-hybridized carbons (Fsp3) is 0.429. The first-order valence-electron chi connectivity index (χ1n) is 15.6. The van der Waals surface area contributed by atoms with E-state index in [0.717, 1.165) is 0 Å². The maximum absolute atomic E-state index is 14.8. The summed E-state index contributed by atoms with van der Waals surface area (Å²) in [4.78, 5) is 58.1. The first-order chi connectivity index (χ1) is 22.2. The number of benzene rings is 2. The van der Waals surface area contributed by atoms with Crippen LogP contribution in [0.1, 0.15) is 44.2 Å². The number of nitrogens with zero attached hydrogens (tertiary/aromatic N) is 2. The first kappa shape index (κ1) is 33.4. The molecule has 0 aromatic heterocycles. The summed E-state index contributed by atoms with van der Waals surface area (Å²) in [5.41, 5.74) is -0.128. The molecule has 3 amide bonds. The highest BCUT2D eigenvalue weighted by molar-refractivity contribution is 6.30. The van der Waals surface area contributed by atoms with Crippen molar-refractivity contribution >= 4 is 41.0 Å². The van der Waals surface area contributed by atoms with Gasteiger partial charge in [0.15, 0.2) is 0 Å². The number of allylic oxidation sites excluding steroid dienone is 1. The molecule has 3 aliphatic rings. The van der Waals surface area contributed by atoms with Crippen molar-refractivity contribution in [2.45, 2.75) is 62.5 Å². The number of nitrogens with one attached hydrogen (secondary N) is 1. The molecule has 11 heteroatoms. The smallest absolute Gasteiger partial charge is 0.312 e. The Kier molecular flexibility index (Phi) is 10.3. The topological polar surface area (TPSA) is 125 Å². The monoisotopic (exact) mass is 649 g/mol. The zero-order valence-electron chi connectivity index (χ0n) is 25.8. The van der Waals surface area contributed by atoms with E-state index in [2.05, 4.69) is 18.5 Å². The summed E-state index contributed by atoms with van der Waals surface area (Å²) in [6.45, 7) is 8.91. The third-order valence-electron chi connectivity index (χ3n) is 9.13. The number of likely N-dealkylation sites (tertiary alicyclic amines) is 1. The molecular formula is C35H40ClN3O7. The number of hydrogen-bond acceptors (Lipinski definition) is 7. The molecule has 0 saturated carbocycles. The maximum atomic E-state index is 14.8. The van der Waals surface area contributed by atoms with E-state index in [9.17, 15) is 24.3 Å². The molecule has 2 N–H and O–H groups in total. The SMILES string of the molecule is C=CCCC(=O)NC[C@@H](C)OC(=O)[C@@H]1[C@@H]2CC[C@]3(O2)[C@H](C(=O)N(CC=C)c2ccc(Cl)cc2)N([C@H](CO)c2ccccc2)C(=O)[C@@H]13. The van der Waals surface area contributed by atoms with Gasteiger partial charge >= 0.3 is 5.97 Å². The number of hydrogen-bond donors (Lipinski definition) is 2. The van der Waals surface area contributed by atoms with Gasteiger partial charge in [-0.2, -0.15) is 0 Å². The van der Waals surface area contributed by atoms with Crippen LogP contribution in [0.4, 0.5) is 5.69 Å². The van der Waals surface area contributed by atoms with E-state index in [-0.39, 0.29) is 25.4 Å². The van der Waals surface area contributed by atoms with E-state index in [0.29, 0.717) is 35.5 Å². The Balaban J connectivity index is 1.49. The van der Waals surface area contributed by atoms with Crippen LogP contribution in [0.2, 0.25) is 5.02 Å². The lowest BCUT2D eigenvalue weighted by atomic mass is 9.70. The van der Waals surface area contributed by atoms with Gasteiger partial charge in [0.05, 0.1) is 37.1 Å². The van der Waals surface area contributed by atoms with Gasteiger partial charge in [-0.3, -0.25) is 19.2 Å². The number of rotatable bonds is 14. The van der Waals surface area contributed by atoms with Crippen molar-refractivity contribution in [3.8, 4) is 0 Å². The molecule has 3 saturated heterocycles. The molecule has 2 bridgehead atoms. The Labute approximate surface area is 274 Å². The van der Waals surface area contributed by atoms with E-state index in [1.165, 1.54) is 9.80 Å². The number of carbonyl (C=O) groups is 4. The van der Waals surface area contributed by atoms with Crippen molar-refractivity contribution in [2.75, 3.05) is 24.6 Å². The zero-order valence-corrected chi connectivity index (χ0v) is 26.6. The molecular weight excluding hydrogens is 610 g/mol. The molecule has 3 fully saturated rings. The summed E-state index contributed by atoms with van der Waals surface area (Å²) in [5.74, 6) is -3.64. The number of anilines is 1. The van der Waals surface area contributed by atoms with Crippen molar-refractivity contribution in [2.24, 2.45) is 11.8 Å². The zero-order chi connectivity index (χ0) is 33.0. The lowest BCUT2D eigenvalue weighted by Crippen LogP contribution is -2.57. The number of halogens is 1. The summed E-state index contributed by atoms with van der Waals surface area (Å²) in [5, 5.41) is 14.0. The third-order valence-corrected chi connectivity index (χ3v) is 9.38. The van der Waals surface area contributed by atoms with E-state index >= 15 is 0 Å². The van der Waals surface area contributed by atoms with Crippen molar-refractivity contribution < 1.29 is 33.8 Å². The van der Waals surface area contributed by atoms with Crippen LogP contribution < -0.4 is 10.2 Å². The van der Waals surface area contributed by atoms with Crippen LogP contribution in [-0.4, -0.2) is 77.2 Å². The fourth-order valence-electron chi connectivity index (χ4n) is 7.12. The van der Waals surface area contributed by atoms with Crippen LogP contribution in [0.5, 0.6) is 0 Å². The van der Waals surface area contributed by atoms with Crippen LogP contribution in [0.3, 0.4) is 0 Å². The molecule has 7 atom stereocenters. The Bertz CT molecular complexity index is 1470. The molecule has 3 aliphatic heterocycles. The van der Waals surface area contributed by atoms with Crippen LogP contribution in [0, 0.1) is 11.8 Å². The molecule has 1 spiro atoms. The summed E-state index contributed by atoms with van der Waals surface area (Å²) in [6, 6.07) is 13.7. The second-order valence-electron chi connectivity index (χ2n) is 12.0. The third kappa shape index (κ3) is 6.21. The normalized spacial score (nSPS) is 25.8. The highest BCUT2D eigenvalue weighted by atomic mass is 35.5. The number of aliphatic hydroxyl groups excluding tert-OH is 1. The minimum atomic E-state index is -1.32. The highest BCUT2D eigenvalue weighted by Crippen LogP contribution is 2.60. The van der Waals surface area contributed by atoms with Gasteiger partial charge in [0.1, 0.15) is 17.7 Å². The molecule has 10 nitrogen and oxygen atoms in total. The molecule has 0 unspecified atom stereocenters. The van der Waals surface area contributed by atoms with E-state index in [1.54, 1.807) is 67.6 Å². The van der Waals surface area contributed by atoms with Crippen LogP contribution in [0.15, 0.2) is 79.9 Å². The first-order valence-corrected chi connectivity index (χ1v) is 16.0. The van der Waals surface area contributed by atoms with Crippen LogP contribution in [-0.2, 0) is 28.7 Å². The molecule has 5 rings (SSSR count). The second-order valence-corrected chi connectivity index (χ2v) is 12.4. The van der Waals surface area contributed by atoms with Gasteiger partial charge < -0.3 is 29.7 Å². The van der Waals surface area contributed by atoms with Gasteiger partial charge in [-0.1, -0.05) is 54.1 Å². The Morgan fingerprint density at radius 3 is 2.54 bits per heavy atom. The number of amides is 3. The predicted octanol–water partition coefficient (Wildman–Crippen LogP) is 3.98. The van der Waals surface area contributed by atoms with E-state index in [4.69, 9.17) is 21.1 Å². The van der Waals surface area contributed by atoms with Gasteiger partial charge in [0.2, 0.25) is 11.8 Å². The summed E-state index contributed by atoms with van der Waals surface area (Å²) >= 11 is 6.14. The molecule has 2 aromatic carbocycles. The Morgan fingerprint density at radius 1 is 1.17 bits per heavy atom. The molecule has 244 valence electrons. The largest absolute Gasteiger partial charge is 0.460 e. The Morgan fingerprint density at radius 2 is 1.89 bits per heavy atom. The Hall–Kier alpha value is -3.99. The molecule has 0 radical (unpaired) electrons. The van der Waals surface area contributed by atoms with Gasteiger partial charge in [-0.15, -0.1) is 13.2 Å². The van der Waals surface area contributed by atoms with Gasteiger partial charge in [-0.25, -0.2) is 0 Å². The second kappa shape index (κ2) is 14.2. The minimum Gasteiger partial charge on any atom is -0.460 e. The number of ether oxygens (including phenoxy) is 2. The molecule has 0 aliphatic carbocycles. The molecule has 2 aromatic rings.